The Hall–Kier alpha value is -1.73. The third-order valence-electron chi connectivity index (χ3n) is 20.2. The van der Waals surface area contributed by atoms with Gasteiger partial charge in [-0.25, -0.2) is 0 Å². The third kappa shape index (κ3) is 40.2. The summed E-state index contributed by atoms with van der Waals surface area (Å²) < 4.78 is 34.4. The van der Waals surface area contributed by atoms with Gasteiger partial charge in [0.05, 0.1) is 38.6 Å². The van der Waals surface area contributed by atoms with Gasteiger partial charge in [0.2, 0.25) is 5.91 Å². The van der Waals surface area contributed by atoms with Crippen molar-refractivity contribution in [2.24, 2.45) is 0 Å². The van der Waals surface area contributed by atoms with E-state index in [-0.39, 0.29) is 18.9 Å². The molecule has 0 aromatic rings. The Morgan fingerprint density at radius 3 is 1.00 bits per heavy atom. The van der Waals surface area contributed by atoms with Gasteiger partial charge >= 0.3 is 0 Å². The van der Waals surface area contributed by atoms with E-state index in [0.717, 1.165) is 51.4 Å². The zero-order valence-electron chi connectivity index (χ0n) is 61.1. The van der Waals surface area contributed by atoms with Crippen LogP contribution >= 0.6 is 0 Å². The second-order valence-corrected chi connectivity index (χ2v) is 28.9. The lowest BCUT2D eigenvalue weighted by molar-refractivity contribution is -0.379. The maximum atomic E-state index is 13.5. The minimum absolute atomic E-state index is 0.244. The molecule has 3 rings (SSSR count). The molecule has 3 aliphatic heterocycles. The number of aliphatic hydroxyl groups excluding tert-OH is 11. The van der Waals surface area contributed by atoms with Gasteiger partial charge in [-0.15, -0.1) is 0 Å². The first-order valence-corrected chi connectivity index (χ1v) is 40.1. The quantitative estimate of drug-likeness (QED) is 0.0199. The lowest BCUT2D eigenvalue weighted by Gasteiger charge is -2.48. The molecular weight excluding hydrogens is 1240 g/mol. The Bertz CT molecular complexity index is 1850. The summed E-state index contributed by atoms with van der Waals surface area (Å²) in [5, 5.41) is 121. The zero-order chi connectivity index (χ0) is 70.4. The lowest BCUT2D eigenvalue weighted by Crippen LogP contribution is -2.66. The molecule has 0 aliphatic carbocycles. The summed E-state index contributed by atoms with van der Waals surface area (Å²) in [5.41, 5.74) is 0. The Balaban J connectivity index is 1.37. The van der Waals surface area contributed by atoms with E-state index >= 15 is 0 Å². The smallest absolute Gasteiger partial charge is 0.220 e. The molecule has 0 spiro atoms. The highest BCUT2D eigenvalue weighted by atomic mass is 16.8. The monoisotopic (exact) mass is 1390 g/mol. The van der Waals surface area contributed by atoms with Gasteiger partial charge in [-0.05, 0) is 44.9 Å². The number of hydrogen-bond acceptors (Lipinski definition) is 18. The molecule has 97 heavy (non-hydrogen) atoms. The number of nitrogens with one attached hydrogen (secondary N) is 1. The van der Waals surface area contributed by atoms with Crippen molar-refractivity contribution in [3.8, 4) is 0 Å². The molecule has 3 heterocycles. The molecule has 3 aliphatic rings. The second kappa shape index (κ2) is 59.6. The highest BCUT2D eigenvalue weighted by Gasteiger charge is 2.54. The van der Waals surface area contributed by atoms with E-state index < -0.39 is 124 Å². The SMILES string of the molecule is CCCCCCCCCC/C=C\CCCCCCCCCCCC(=O)NC(COC1OC(CO)C(OC2OC(CO)C(OC3OC(CO)C(O)C(O)C3O)C(O)C2O)C(O)C1O)C(O)/C=C/CCCCCCCCCCCCCCCCCCCCCCCCCCCCCCC. The summed E-state index contributed by atoms with van der Waals surface area (Å²) in [5.74, 6) is -0.272. The van der Waals surface area contributed by atoms with Gasteiger partial charge in [-0.1, -0.05) is 308 Å². The number of allylic oxidation sites excluding steroid dienone is 3. The minimum Gasteiger partial charge on any atom is -0.394 e. The molecule has 3 fully saturated rings. The summed E-state index contributed by atoms with van der Waals surface area (Å²) in [4.78, 5) is 13.5. The molecule has 572 valence electrons. The minimum atomic E-state index is -1.98. The van der Waals surface area contributed by atoms with E-state index in [0.29, 0.717) is 6.42 Å². The molecule has 1 amide bonds. The van der Waals surface area contributed by atoms with E-state index in [9.17, 15) is 61.0 Å². The molecule has 0 saturated carbocycles. The fraction of sp³-hybridized carbons (Fsp3) is 0.936. The number of rotatable bonds is 64. The molecule has 0 bridgehead atoms. The van der Waals surface area contributed by atoms with Crippen LogP contribution in [0.1, 0.15) is 335 Å². The van der Waals surface area contributed by atoms with E-state index in [1.807, 2.05) is 6.08 Å². The number of aliphatic hydroxyl groups is 11. The van der Waals surface area contributed by atoms with E-state index in [1.165, 1.54) is 257 Å². The average molecular weight is 1390 g/mol. The first kappa shape index (κ1) is 89.5. The summed E-state index contributed by atoms with van der Waals surface area (Å²) in [6, 6.07) is -0.974. The topological polar surface area (TPSA) is 307 Å². The molecule has 3 saturated heterocycles. The number of unbranched alkanes of at least 4 members (excludes halogenated alkanes) is 46. The number of hydrogen-bond donors (Lipinski definition) is 12. The summed E-state index contributed by atoms with van der Waals surface area (Å²) in [7, 11) is 0. The number of amides is 1. The van der Waals surface area contributed by atoms with Crippen LogP contribution < -0.4 is 5.32 Å². The third-order valence-corrected chi connectivity index (χ3v) is 20.2. The predicted octanol–water partition coefficient (Wildman–Crippen LogP) is 13.0. The standard InChI is InChI=1S/C78H147NO18/c1-3-5-7-9-11-13-15-17-19-21-23-25-26-27-28-29-30-31-32-33-34-36-37-39-41-43-45-47-49-51-53-55-62(83)61(79-66(84)56-54-52-50-48-46-44-42-40-38-35-24-22-20-18-16-14-12-10-8-6-4-2)60-92-76-72(90)69(87)74(64(58-81)94-76)97-78-73(91)70(88)75(65(59-82)95-78)96-77-71(89)68(86)67(85)63(57-80)93-77/h22,24,53,55,61-65,67-78,80-83,85-91H,3-21,23,25-52,54,56-60H2,1-2H3,(H,79,84)/b24-22-,55-53+. The van der Waals surface area contributed by atoms with Crippen molar-refractivity contribution in [1.82, 2.24) is 5.32 Å². The van der Waals surface area contributed by atoms with Crippen LogP contribution in [0, 0.1) is 0 Å². The molecule has 0 aromatic carbocycles. The first-order valence-electron chi connectivity index (χ1n) is 40.1. The van der Waals surface area contributed by atoms with Crippen molar-refractivity contribution in [2.75, 3.05) is 26.4 Å². The Labute approximate surface area is 588 Å². The fourth-order valence-corrected chi connectivity index (χ4v) is 13.8. The Kier molecular flexibility index (Phi) is 55.0. The number of ether oxygens (including phenoxy) is 6. The summed E-state index contributed by atoms with van der Waals surface area (Å²) in [6.07, 6.45) is 44.5. The van der Waals surface area contributed by atoms with Crippen LogP contribution in [-0.4, -0.2) is 193 Å². The van der Waals surface area contributed by atoms with Crippen LogP contribution in [0.2, 0.25) is 0 Å². The number of carbonyl (C=O) groups excluding carboxylic acids is 1. The molecule has 0 radical (unpaired) electrons. The van der Waals surface area contributed by atoms with E-state index in [4.69, 9.17) is 28.4 Å². The van der Waals surface area contributed by atoms with Gasteiger partial charge in [-0.3, -0.25) is 4.79 Å². The largest absolute Gasteiger partial charge is 0.394 e. The van der Waals surface area contributed by atoms with Crippen LogP contribution in [0.4, 0.5) is 0 Å². The van der Waals surface area contributed by atoms with Gasteiger partial charge in [0.15, 0.2) is 18.9 Å². The second-order valence-electron chi connectivity index (χ2n) is 28.9. The molecular formula is C78H147NO18. The van der Waals surface area contributed by atoms with Crippen LogP contribution in [0.5, 0.6) is 0 Å². The maximum Gasteiger partial charge on any atom is 0.220 e. The van der Waals surface area contributed by atoms with Crippen molar-refractivity contribution in [1.29, 1.82) is 0 Å². The van der Waals surface area contributed by atoms with Crippen molar-refractivity contribution in [3.63, 3.8) is 0 Å². The van der Waals surface area contributed by atoms with Gasteiger partial charge in [0, 0.05) is 6.42 Å². The van der Waals surface area contributed by atoms with E-state index in [2.05, 4.69) is 31.3 Å². The van der Waals surface area contributed by atoms with Gasteiger partial charge in [0.25, 0.3) is 0 Å². The van der Waals surface area contributed by atoms with Gasteiger partial charge < -0.3 is 89.9 Å². The highest BCUT2D eigenvalue weighted by molar-refractivity contribution is 5.76. The fourth-order valence-electron chi connectivity index (χ4n) is 13.8. The predicted molar refractivity (Wildman–Crippen MR) is 383 cm³/mol. The van der Waals surface area contributed by atoms with Crippen LogP contribution in [0.25, 0.3) is 0 Å². The Morgan fingerprint density at radius 1 is 0.361 bits per heavy atom. The van der Waals surface area contributed by atoms with Crippen LogP contribution in [-0.2, 0) is 33.2 Å². The highest BCUT2D eigenvalue weighted by Crippen LogP contribution is 2.33. The first-order chi connectivity index (χ1) is 47.3. The number of carbonyl (C=O) groups is 1. The normalized spacial score (nSPS) is 27.0. The van der Waals surface area contributed by atoms with Crippen molar-refractivity contribution < 1.29 is 89.4 Å². The van der Waals surface area contributed by atoms with Crippen LogP contribution in [0.15, 0.2) is 24.3 Å². The lowest BCUT2D eigenvalue weighted by atomic mass is 9.96. The molecule has 19 nitrogen and oxygen atoms in total. The molecule has 17 atom stereocenters. The van der Waals surface area contributed by atoms with Crippen molar-refractivity contribution in [2.45, 2.75) is 439 Å². The molecule has 17 unspecified atom stereocenters. The van der Waals surface area contributed by atoms with Crippen LogP contribution in [0.3, 0.4) is 0 Å². The zero-order valence-corrected chi connectivity index (χ0v) is 61.1. The molecule has 0 aromatic heterocycles. The van der Waals surface area contributed by atoms with Crippen molar-refractivity contribution in [3.05, 3.63) is 24.3 Å². The van der Waals surface area contributed by atoms with E-state index in [1.54, 1.807) is 6.08 Å². The Morgan fingerprint density at radius 2 is 0.649 bits per heavy atom. The molecule has 12 N–H and O–H groups in total. The summed E-state index contributed by atoms with van der Waals surface area (Å²) in [6.45, 7) is 1.79. The maximum absolute atomic E-state index is 13.5. The van der Waals surface area contributed by atoms with Crippen molar-refractivity contribution >= 4 is 5.91 Å². The summed E-state index contributed by atoms with van der Waals surface area (Å²) >= 11 is 0. The van der Waals surface area contributed by atoms with Gasteiger partial charge in [0.1, 0.15) is 73.2 Å². The van der Waals surface area contributed by atoms with Gasteiger partial charge in [-0.2, -0.15) is 0 Å². The molecule has 19 heteroatoms. The average Bonchev–Trinajstić information content (AvgIpc) is 0.789.